The van der Waals surface area contributed by atoms with Crippen molar-refractivity contribution >= 4 is 8.32 Å². The lowest BCUT2D eigenvalue weighted by atomic mass is 9.86. The van der Waals surface area contributed by atoms with Gasteiger partial charge in [-0.1, -0.05) is 52.3 Å². The second-order valence-corrected chi connectivity index (χ2v) is 14.6. The number of rotatable bonds is 8. The lowest BCUT2D eigenvalue weighted by Gasteiger charge is -2.39. The van der Waals surface area contributed by atoms with E-state index in [0.717, 1.165) is 22.5 Å². The largest absolute Gasteiger partial charge is 0.543 e. The van der Waals surface area contributed by atoms with Crippen LogP contribution in [0.5, 0.6) is 5.75 Å². The maximum atomic E-state index is 10.1. The minimum Gasteiger partial charge on any atom is -0.543 e. The number of allylic oxidation sites excluding steroid dienone is 1. The van der Waals surface area contributed by atoms with E-state index in [1.54, 1.807) is 0 Å². The Labute approximate surface area is 173 Å². The quantitative estimate of drug-likeness (QED) is 0.163. The standard InChI is InChI=1S/C23H40O4Si/c1-16(2)21(17(3)4)23(27-24,25-18(5)6)19-13-12-14-20(15-19)26-28(10,11)22(7,8)9/h12-16,18,24H,1-11H3. The van der Waals surface area contributed by atoms with Crippen LogP contribution >= 0.6 is 0 Å². The number of hydrogen-bond acceptors (Lipinski definition) is 4. The van der Waals surface area contributed by atoms with Crippen LogP contribution in [0.25, 0.3) is 0 Å². The molecule has 1 N–H and O–H groups in total. The molecular formula is C23H40O4Si. The Bertz CT molecular complexity index is 682. The lowest BCUT2D eigenvalue weighted by Crippen LogP contribution is -2.44. The summed E-state index contributed by atoms with van der Waals surface area (Å²) in [6.07, 6.45) is -0.148. The Morgan fingerprint density at radius 3 is 2.00 bits per heavy atom. The van der Waals surface area contributed by atoms with Crippen LogP contribution in [0.1, 0.15) is 67.9 Å². The second-order valence-electron chi connectivity index (χ2n) is 9.83. The van der Waals surface area contributed by atoms with E-state index in [0.29, 0.717) is 0 Å². The Hall–Kier alpha value is -1.14. The Kier molecular flexibility index (Phi) is 8.11. The molecule has 1 atom stereocenters. The molecule has 0 aliphatic rings. The maximum absolute atomic E-state index is 10.1. The zero-order valence-corrected chi connectivity index (χ0v) is 20.6. The molecule has 1 unspecified atom stereocenters. The van der Waals surface area contributed by atoms with Gasteiger partial charge in [-0.3, -0.25) is 0 Å². The van der Waals surface area contributed by atoms with E-state index in [9.17, 15) is 5.26 Å². The molecule has 1 aromatic rings. The molecule has 160 valence electrons. The van der Waals surface area contributed by atoms with Gasteiger partial charge in [0.25, 0.3) is 5.79 Å². The molecule has 1 aromatic carbocycles. The van der Waals surface area contributed by atoms with Gasteiger partial charge in [0, 0.05) is 5.56 Å². The van der Waals surface area contributed by atoms with Gasteiger partial charge in [0.1, 0.15) is 5.75 Å². The van der Waals surface area contributed by atoms with Crippen LogP contribution in [0, 0.1) is 5.92 Å². The maximum Gasteiger partial charge on any atom is 0.250 e. The normalized spacial score (nSPS) is 14.9. The highest BCUT2D eigenvalue weighted by molar-refractivity contribution is 6.74. The van der Waals surface area contributed by atoms with Crippen molar-refractivity contribution in [1.82, 2.24) is 0 Å². The molecule has 0 amide bonds. The van der Waals surface area contributed by atoms with E-state index < -0.39 is 14.1 Å². The summed E-state index contributed by atoms with van der Waals surface area (Å²) in [6.45, 7) is 23.1. The van der Waals surface area contributed by atoms with Gasteiger partial charge in [0.15, 0.2) is 0 Å². The van der Waals surface area contributed by atoms with E-state index in [1.165, 1.54) is 0 Å². The highest BCUT2D eigenvalue weighted by Crippen LogP contribution is 2.43. The molecule has 1 rings (SSSR count). The fraction of sp³-hybridized carbons (Fsp3) is 0.652. The molecular weight excluding hydrogens is 368 g/mol. The van der Waals surface area contributed by atoms with E-state index in [4.69, 9.17) is 14.1 Å². The van der Waals surface area contributed by atoms with E-state index in [-0.39, 0.29) is 17.1 Å². The Morgan fingerprint density at radius 2 is 1.61 bits per heavy atom. The highest BCUT2D eigenvalue weighted by Gasteiger charge is 2.44. The van der Waals surface area contributed by atoms with Crippen LogP contribution in [-0.2, 0) is 15.4 Å². The van der Waals surface area contributed by atoms with Crippen molar-refractivity contribution in [2.45, 2.75) is 92.3 Å². The first-order valence-electron chi connectivity index (χ1n) is 10.2. The summed E-state index contributed by atoms with van der Waals surface area (Å²) in [5.74, 6) is -0.468. The molecule has 0 spiro atoms. The fourth-order valence-corrected chi connectivity index (χ4v) is 4.26. The summed E-state index contributed by atoms with van der Waals surface area (Å²) >= 11 is 0. The molecule has 0 saturated heterocycles. The third-order valence-corrected chi connectivity index (χ3v) is 9.75. The smallest absolute Gasteiger partial charge is 0.250 e. The fourth-order valence-electron chi connectivity index (χ4n) is 3.24. The summed E-state index contributed by atoms with van der Waals surface area (Å²) in [6, 6.07) is 7.74. The number of hydrogen-bond donors (Lipinski definition) is 1. The van der Waals surface area contributed by atoms with Crippen molar-refractivity contribution in [3.8, 4) is 5.75 Å². The number of benzene rings is 1. The van der Waals surface area contributed by atoms with Crippen LogP contribution in [0.2, 0.25) is 18.1 Å². The highest BCUT2D eigenvalue weighted by atomic mass is 28.4. The minimum atomic E-state index is -2.00. The second kappa shape index (κ2) is 9.12. The van der Waals surface area contributed by atoms with Gasteiger partial charge in [-0.15, -0.1) is 0 Å². The summed E-state index contributed by atoms with van der Waals surface area (Å²) in [4.78, 5) is 5.15. The predicted octanol–water partition coefficient (Wildman–Crippen LogP) is 7.13. The first-order valence-corrected chi connectivity index (χ1v) is 13.1. The van der Waals surface area contributed by atoms with E-state index in [1.807, 2.05) is 52.0 Å². The van der Waals surface area contributed by atoms with Crippen molar-refractivity contribution < 1.29 is 19.3 Å². The van der Waals surface area contributed by atoms with Gasteiger partial charge >= 0.3 is 0 Å². The first kappa shape index (κ1) is 24.9. The summed E-state index contributed by atoms with van der Waals surface area (Å²) in [5, 5.41) is 10.2. The van der Waals surface area contributed by atoms with Gasteiger partial charge in [0.05, 0.1) is 6.10 Å². The van der Waals surface area contributed by atoms with Crippen LogP contribution in [0.15, 0.2) is 35.4 Å². The molecule has 0 fully saturated rings. The SMILES string of the molecule is CC(C)=C(C(C)C)C(OO)(OC(C)C)c1cccc(O[Si](C)(C)C(C)(C)C)c1. The third kappa shape index (κ3) is 5.47. The van der Waals surface area contributed by atoms with Crippen molar-refractivity contribution in [1.29, 1.82) is 0 Å². The van der Waals surface area contributed by atoms with Crippen LogP contribution < -0.4 is 4.43 Å². The Balaban J connectivity index is 3.59. The molecule has 0 aliphatic carbocycles. The average Bonchev–Trinajstić information content (AvgIpc) is 2.51. The molecule has 0 aromatic heterocycles. The zero-order chi connectivity index (χ0) is 21.9. The van der Waals surface area contributed by atoms with E-state index >= 15 is 0 Å². The molecule has 0 radical (unpaired) electrons. The molecule has 5 heteroatoms. The van der Waals surface area contributed by atoms with Crippen molar-refractivity contribution in [2.24, 2.45) is 5.92 Å². The van der Waals surface area contributed by atoms with Crippen molar-refractivity contribution in [3.63, 3.8) is 0 Å². The lowest BCUT2D eigenvalue weighted by molar-refractivity contribution is -0.406. The predicted molar refractivity (Wildman–Crippen MR) is 119 cm³/mol. The third-order valence-electron chi connectivity index (χ3n) is 5.39. The van der Waals surface area contributed by atoms with Gasteiger partial charge in [-0.2, -0.15) is 4.89 Å². The van der Waals surface area contributed by atoms with Crippen LogP contribution in [0.4, 0.5) is 0 Å². The van der Waals surface area contributed by atoms with Gasteiger partial charge in [-0.05, 0) is 69.5 Å². The first-order chi connectivity index (χ1) is 12.7. The van der Waals surface area contributed by atoms with Gasteiger partial charge in [-0.25, -0.2) is 5.26 Å². The average molecular weight is 409 g/mol. The molecule has 0 bridgehead atoms. The van der Waals surface area contributed by atoms with Crippen LogP contribution in [-0.4, -0.2) is 19.7 Å². The van der Waals surface area contributed by atoms with Gasteiger partial charge < -0.3 is 9.16 Å². The summed E-state index contributed by atoms with van der Waals surface area (Å²) < 4.78 is 12.7. The van der Waals surface area contributed by atoms with Crippen LogP contribution in [0.3, 0.4) is 0 Å². The molecule has 4 nitrogen and oxygen atoms in total. The summed E-state index contributed by atoms with van der Waals surface area (Å²) in [7, 11) is -2.00. The molecule has 0 heterocycles. The number of ether oxygens (including phenoxy) is 1. The molecule has 28 heavy (non-hydrogen) atoms. The van der Waals surface area contributed by atoms with Gasteiger partial charge in [0.2, 0.25) is 8.32 Å². The van der Waals surface area contributed by atoms with E-state index in [2.05, 4.69) is 47.7 Å². The van der Waals surface area contributed by atoms with Crippen molar-refractivity contribution in [3.05, 3.63) is 41.0 Å². The zero-order valence-electron chi connectivity index (χ0n) is 19.6. The molecule has 0 saturated carbocycles. The minimum absolute atomic E-state index is 0.0883. The summed E-state index contributed by atoms with van der Waals surface area (Å²) in [5.41, 5.74) is 2.69. The van der Waals surface area contributed by atoms with Crippen molar-refractivity contribution in [2.75, 3.05) is 0 Å². The topological polar surface area (TPSA) is 47.9 Å². The monoisotopic (exact) mass is 408 g/mol. The molecule has 0 aliphatic heterocycles. The Morgan fingerprint density at radius 1 is 1.04 bits per heavy atom.